The summed E-state index contributed by atoms with van der Waals surface area (Å²) in [5, 5.41) is 0. The van der Waals surface area contributed by atoms with E-state index in [1.54, 1.807) is 6.92 Å². The lowest BCUT2D eigenvalue weighted by atomic mass is 9.72. The molecule has 0 amide bonds. The molecule has 1 fully saturated rings. The first-order valence-electron chi connectivity index (χ1n) is 12.6. The Bertz CT molecular complexity index is 822. The first kappa shape index (κ1) is 27.5. The first-order valence-corrected chi connectivity index (χ1v) is 12.6. The van der Waals surface area contributed by atoms with Gasteiger partial charge in [-0.25, -0.2) is 17.6 Å². The molecule has 0 saturated heterocycles. The molecule has 5 heteroatoms. The van der Waals surface area contributed by atoms with E-state index in [9.17, 15) is 17.6 Å². The molecule has 2 rings (SSSR count). The lowest BCUT2D eigenvalue weighted by Gasteiger charge is -2.33. The molecule has 1 aromatic rings. The zero-order valence-corrected chi connectivity index (χ0v) is 20.7. The maximum absolute atomic E-state index is 14.9. The quantitative estimate of drug-likeness (QED) is 0.175. The topological polar surface area (TPSA) is 0 Å². The minimum Gasteiger partial charge on any atom is -0.206 e. The van der Waals surface area contributed by atoms with E-state index in [1.807, 2.05) is 0 Å². The van der Waals surface area contributed by atoms with Crippen molar-refractivity contribution >= 4 is 13.4 Å². The summed E-state index contributed by atoms with van der Waals surface area (Å²) in [6.07, 6.45) is 11.5. The Balaban J connectivity index is 2.04. The molecule has 1 aliphatic carbocycles. The van der Waals surface area contributed by atoms with E-state index >= 15 is 0 Å². The molecule has 2 atom stereocenters. The van der Waals surface area contributed by atoms with Gasteiger partial charge in [0.2, 0.25) is 0 Å². The van der Waals surface area contributed by atoms with Crippen LogP contribution in [0.4, 0.5) is 17.6 Å². The fourth-order valence-corrected chi connectivity index (χ4v) is 5.26. The van der Waals surface area contributed by atoms with Gasteiger partial charge in [-0.05, 0) is 92.0 Å². The van der Waals surface area contributed by atoms with Gasteiger partial charge in [0.25, 0.3) is 0 Å². The molecule has 0 N–H and O–H groups in total. The highest BCUT2D eigenvalue weighted by atomic mass is 19.2. The molecule has 33 heavy (non-hydrogen) atoms. The zero-order valence-electron chi connectivity index (χ0n) is 20.7. The Labute approximate surface area is 198 Å². The van der Waals surface area contributed by atoms with Gasteiger partial charge in [0.15, 0.2) is 11.7 Å². The summed E-state index contributed by atoms with van der Waals surface area (Å²) in [5.41, 5.74) is 0.813. The molecular weight excluding hydrogens is 423 g/mol. The van der Waals surface area contributed by atoms with E-state index in [-0.39, 0.29) is 23.5 Å². The number of halogens is 4. The van der Waals surface area contributed by atoms with E-state index in [0.717, 1.165) is 37.7 Å². The van der Waals surface area contributed by atoms with Crippen molar-refractivity contribution in [2.24, 2.45) is 17.8 Å². The van der Waals surface area contributed by atoms with E-state index < -0.39 is 23.3 Å². The van der Waals surface area contributed by atoms with E-state index in [0.29, 0.717) is 17.4 Å². The molecule has 1 aromatic carbocycles. The van der Waals surface area contributed by atoms with Crippen LogP contribution < -0.4 is 0 Å². The van der Waals surface area contributed by atoms with Crippen molar-refractivity contribution in [1.82, 2.24) is 0 Å². The van der Waals surface area contributed by atoms with E-state index in [2.05, 4.69) is 28.3 Å². The monoisotopic (exact) mass is 462 g/mol. The van der Waals surface area contributed by atoms with Crippen LogP contribution in [0.15, 0.2) is 42.5 Å². The van der Waals surface area contributed by atoms with Crippen molar-refractivity contribution in [3.8, 4) is 0 Å². The van der Waals surface area contributed by atoms with Crippen LogP contribution in [-0.2, 0) is 0 Å². The smallest absolute Gasteiger partial charge is 0.154 e. The van der Waals surface area contributed by atoms with Crippen LogP contribution in [0.25, 0.3) is 5.57 Å². The summed E-state index contributed by atoms with van der Waals surface area (Å²) in [5.74, 6) is -1.25. The van der Waals surface area contributed by atoms with Crippen molar-refractivity contribution in [1.29, 1.82) is 0 Å². The molecule has 182 valence electrons. The molecule has 1 saturated carbocycles. The lowest BCUT2D eigenvalue weighted by Crippen LogP contribution is -2.20. The second kappa shape index (κ2) is 13.2. The first-order chi connectivity index (χ1) is 15.7. The highest BCUT2D eigenvalue weighted by Crippen LogP contribution is 2.41. The minimum absolute atomic E-state index is 0.113. The summed E-state index contributed by atoms with van der Waals surface area (Å²) in [7, 11) is 2.27. The SMILES string of the molecule is BCC(CC)CCC(C)C1CCC(c2cc(F)c(/C(=C/C)C/C=C(/F)C(=C)F)c(F)c2)CC1. The van der Waals surface area contributed by atoms with Gasteiger partial charge in [0.05, 0.1) is 0 Å². The summed E-state index contributed by atoms with van der Waals surface area (Å²) in [6.45, 7) is 9.15. The van der Waals surface area contributed by atoms with Gasteiger partial charge < -0.3 is 0 Å². The third-order valence-electron chi connectivity index (χ3n) is 7.73. The van der Waals surface area contributed by atoms with Crippen LogP contribution in [0.1, 0.15) is 89.2 Å². The van der Waals surface area contributed by atoms with Gasteiger partial charge in [0, 0.05) is 5.56 Å². The molecule has 0 aliphatic heterocycles. The third-order valence-corrected chi connectivity index (χ3v) is 7.73. The zero-order chi connectivity index (χ0) is 24.5. The fourth-order valence-electron chi connectivity index (χ4n) is 5.26. The summed E-state index contributed by atoms with van der Waals surface area (Å²) >= 11 is 0. The van der Waals surface area contributed by atoms with Crippen molar-refractivity contribution in [2.45, 2.75) is 84.4 Å². The Hall–Kier alpha value is -1.78. The maximum Gasteiger partial charge on any atom is 0.154 e. The summed E-state index contributed by atoms with van der Waals surface area (Å²) < 4.78 is 56.2. The average Bonchev–Trinajstić information content (AvgIpc) is 2.80. The van der Waals surface area contributed by atoms with E-state index in [4.69, 9.17) is 0 Å². The van der Waals surface area contributed by atoms with Gasteiger partial charge in [-0.2, -0.15) is 0 Å². The molecule has 0 aromatic heterocycles. The van der Waals surface area contributed by atoms with Gasteiger partial charge in [0.1, 0.15) is 19.5 Å². The lowest BCUT2D eigenvalue weighted by molar-refractivity contribution is 0.225. The minimum atomic E-state index is -1.19. The van der Waals surface area contributed by atoms with Crippen LogP contribution in [0.2, 0.25) is 6.32 Å². The Morgan fingerprint density at radius 1 is 1.12 bits per heavy atom. The molecule has 0 nitrogen and oxygen atoms in total. The van der Waals surface area contributed by atoms with Crippen molar-refractivity contribution < 1.29 is 17.6 Å². The van der Waals surface area contributed by atoms with Crippen LogP contribution >= 0.6 is 0 Å². The Morgan fingerprint density at radius 2 is 1.73 bits per heavy atom. The molecule has 1 aliphatic rings. The van der Waals surface area contributed by atoms with E-state index in [1.165, 1.54) is 43.8 Å². The summed E-state index contributed by atoms with van der Waals surface area (Å²) in [6, 6.07) is 2.86. The number of benzene rings is 1. The molecule has 0 radical (unpaired) electrons. The van der Waals surface area contributed by atoms with Crippen LogP contribution in [0, 0.1) is 29.4 Å². The number of rotatable bonds is 11. The van der Waals surface area contributed by atoms with Gasteiger partial charge >= 0.3 is 0 Å². The predicted octanol–water partition coefficient (Wildman–Crippen LogP) is 8.86. The average molecular weight is 462 g/mol. The van der Waals surface area contributed by atoms with Crippen LogP contribution in [0.5, 0.6) is 0 Å². The Kier molecular flexibility index (Phi) is 11.0. The van der Waals surface area contributed by atoms with Crippen LogP contribution in [-0.4, -0.2) is 7.85 Å². The molecule has 0 heterocycles. The molecular formula is C28H39BF4. The molecule has 2 unspecified atom stereocenters. The van der Waals surface area contributed by atoms with Crippen LogP contribution in [0.3, 0.4) is 0 Å². The van der Waals surface area contributed by atoms with Gasteiger partial charge in [-0.1, -0.05) is 52.1 Å². The third kappa shape index (κ3) is 7.62. The second-order valence-corrected chi connectivity index (χ2v) is 9.68. The normalized spacial score (nSPS) is 21.7. The molecule has 0 bridgehead atoms. The van der Waals surface area contributed by atoms with Gasteiger partial charge in [-0.3, -0.25) is 0 Å². The second-order valence-electron chi connectivity index (χ2n) is 9.68. The molecule has 0 spiro atoms. The number of hydrogen-bond donors (Lipinski definition) is 0. The standard InChI is InChI=1S/C28H39BF4/c1-5-20(17-29)8-7-18(3)22-9-11-23(12-10-22)24-15-26(32)28(27(33)16-24)21(6-2)13-14-25(31)19(4)30/h6,14-16,18,20,22-23H,4-5,7-13,17,29H2,1-3H3/b21-6+,25-14+. The maximum atomic E-state index is 14.9. The number of allylic oxidation sites excluding steroid dienone is 5. The van der Waals surface area contributed by atoms with Gasteiger partial charge in [-0.15, -0.1) is 0 Å². The predicted molar refractivity (Wildman–Crippen MR) is 134 cm³/mol. The number of hydrogen-bond acceptors (Lipinski definition) is 0. The Morgan fingerprint density at radius 3 is 2.21 bits per heavy atom. The summed E-state index contributed by atoms with van der Waals surface area (Å²) in [4.78, 5) is 0. The largest absolute Gasteiger partial charge is 0.206 e. The van der Waals surface area contributed by atoms with Crippen molar-refractivity contribution in [2.75, 3.05) is 0 Å². The van der Waals surface area contributed by atoms with Crippen molar-refractivity contribution in [3.63, 3.8) is 0 Å². The highest BCUT2D eigenvalue weighted by molar-refractivity contribution is 6.08. The highest BCUT2D eigenvalue weighted by Gasteiger charge is 2.27. The fraction of sp³-hybridized carbons (Fsp3) is 0.571. The van der Waals surface area contributed by atoms with Crippen molar-refractivity contribution in [3.05, 3.63) is 65.3 Å².